The summed E-state index contributed by atoms with van der Waals surface area (Å²) >= 11 is 8.75. The van der Waals surface area contributed by atoms with Crippen molar-refractivity contribution in [3.05, 3.63) is 68.7 Å². The molecular formula is C14H8BrClF2O. The monoisotopic (exact) mass is 344 g/mol. The molecule has 2 aromatic carbocycles. The van der Waals surface area contributed by atoms with Crippen LogP contribution in [0.1, 0.15) is 15.9 Å². The molecule has 0 unspecified atom stereocenters. The topological polar surface area (TPSA) is 17.1 Å². The third kappa shape index (κ3) is 3.39. The van der Waals surface area contributed by atoms with Crippen molar-refractivity contribution in [2.24, 2.45) is 0 Å². The van der Waals surface area contributed by atoms with Gasteiger partial charge in [0.1, 0.15) is 11.6 Å². The molecule has 0 aliphatic rings. The largest absolute Gasteiger partial charge is 0.294 e. The molecule has 0 aliphatic heterocycles. The van der Waals surface area contributed by atoms with Crippen LogP contribution in [-0.2, 0) is 6.42 Å². The molecule has 5 heteroatoms. The highest BCUT2D eigenvalue weighted by Gasteiger charge is 2.13. The lowest BCUT2D eigenvalue weighted by molar-refractivity contribution is 0.0989. The molecule has 1 nitrogen and oxygen atoms in total. The van der Waals surface area contributed by atoms with Crippen LogP contribution in [0.3, 0.4) is 0 Å². The van der Waals surface area contributed by atoms with Crippen LogP contribution in [0.25, 0.3) is 0 Å². The van der Waals surface area contributed by atoms with E-state index in [0.29, 0.717) is 10.0 Å². The van der Waals surface area contributed by atoms with Gasteiger partial charge in [0.05, 0.1) is 10.6 Å². The highest BCUT2D eigenvalue weighted by Crippen LogP contribution is 2.20. The van der Waals surface area contributed by atoms with Crippen molar-refractivity contribution in [2.75, 3.05) is 0 Å². The molecular weight excluding hydrogens is 338 g/mol. The lowest BCUT2D eigenvalue weighted by atomic mass is 10.0. The fourth-order valence-electron chi connectivity index (χ4n) is 1.65. The molecule has 0 heterocycles. The van der Waals surface area contributed by atoms with Gasteiger partial charge in [0, 0.05) is 10.9 Å². The van der Waals surface area contributed by atoms with E-state index in [1.807, 2.05) is 0 Å². The number of carbonyl (C=O) groups is 1. The van der Waals surface area contributed by atoms with E-state index in [-0.39, 0.29) is 22.8 Å². The van der Waals surface area contributed by atoms with Crippen LogP contribution in [0.5, 0.6) is 0 Å². The Morgan fingerprint density at radius 2 is 1.84 bits per heavy atom. The van der Waals surface area contributed by atoms with E-state index >= 15 is 0 Å². The van der Waals surface area contributed by atoms with Crippen LogP contribution >= 0.6 is 27.5 Å². The number of hydrogen-bond donors (Lipinski definition) is 0. The average molecular weight is 346 g/mol. The Labute approximate surface area is 122 Å². The lowest BCUT2D eigenvalue weighted by Crippen LogP contribution is -2.06. The van der Waals surface area contributed by atoms with Gasteiger partial charge >= 0.3 is 0 Å². The number of Topliss-reactive ketones (excluding diaryl/α,β-unsaturated/α-hetero) is 1. The first kappa shape index (κ1) is 14.2. The van der Waals surface area contributed by atoms with Crippen molar-refractivity contribution >= 4 is 33.3 Å². The quantitative estimate of drug-likeness (QED) is 0.730. The van der Waals surface area contributed by atoms with Gasteiger partial charge in [0.2, 0.25) is 0 Å². The van der Waals surface area contributed by atoms with Gasteiger partial charge in [-0.3, -0.25) is 4.79 Å². The summed E-state index contributed by atoms with van der Waals surface area (Å²) < 4.78 is 27.2. The van der Waals surface area contributed by atoms with Crippen LogP contribution in [-0.4, -0.2) is 5.78 Å². The first-order valence-electron chi connectivity index (χ1n) is 5.39. The van der Waals surface area contributed by atoms with Crippen LogP contribution in [0.2, 0.25) is 5.02 Å². The molecule has 19 heavy (non-hydrogen) atoms. The van der Waals surface area contributed by atoms with Gasteiger partial charge in [-0.2, -0.15) is 0 Å². The van der Waals surface area contributed by atoms with Crippen molar-refractivity contribution in [3.8, 4) is 0 Å². The van der Waals surface area contributed by atoms with E-state index < -0.39 is 11.6 Å². The van der Waals surface area contributed by atoms with E-state index in [9.17, 15) is 13.6 Å². The Kier molecular flexibility index (Phi) is 4.32. The summed E-state index contributed by atoms with van der Waals surface area (Å²) in [7, 11) is 0. The Morgan fingerprint density at radius 1 is 1.11 bits per heavy atom. The van der Waals surface area contributed by atoms with Crippen molar-refractivity contribution in [2.45, 2.75) is 6.42 Å². The summed E-state index contributed by atoms with van der Waals surface area (Å²) in [5.74, 6) is -1.52. The van der Waals surface area contributed by atoms with Crippen molar-refractivity contribution in [3.63, 3.8) is 0 Å². The SMILES string of the molecule is O=C(Cc1ccc(F)c(Cl)c1)c1ccc(Br)cc1F. The molecule has 2 rings (SSSR count). The van der Waals surface area contributed by atoms with Crippen LogP contribution in [0.15, 0.2) is 40.9 Å². The Hall–Kier alpha value is -1.26. The van der Waals surface area contributed by atoms with Crippen LogP contribution < -0.4 is 0 Å². The highest BCUT2D eigenvalue weighted by atomic mass is 79.9. The fraction of sp³-hybridized carbons (Fsp3) is 0.0714. The molecule has 0 aromatic heterocycles. The first-order valence-corrected chi connectivity index (χ1v) is 6.56. The fourth-order valence-corrected chi connectivity index (χ4v) is 2.18. The highest BCUT2D eigenvalue weighted by molar-refractivity contribution is 9.10. The van der Waals surface area contributed by atoms with Crippen LogP contribution in [0.4, 0.5) is 8.78 Å². The molecule has 0 aliphatic carbocycles. The molecule has 0 saturated carbocycles. The molecule has 0 N–H and O–H groups in total. The van der Waals surface area contributed by atoms with E-state index in [2.05, 4.69) is 15.9 Å². The standard InChI is InChI=1S/C14H8BrClF2O/c15-9-2-3-10(13(18)7-9)14(19)6-8-1-4-12(17)11(16)5-8/h1-5,7H,6H2. The predicted octanol–water partition coefficient (Wildman–Crippen LogP) is 4.81. The molecule has 0 atom stereocenters. The van der Waals surface area contributed by atoms with E-state index in [1.54, 1.807) is 6.07 Å². The van der Waals surface area contributed by atoms with Crippen molar-refractivity contribution in [1.82, 2.24) is 0 Å². The summed E-state index contributed by atoms with van der Waals surface area (Å²) in [6, 6.07) is 8.23. The number of benzene rings is 2. The minimum absolute atomic E-state index is 0.00338. The maximum atomic E-state index is 13.6. The molecule has 98 valence electrons. The predicted molar refractivity (Wildman–Crippen MR) is 73.5 cm³/mol. The second-order valence-electron chi connectivity index (χ2n) is 3.97. The zero-order valence-electron chi connectivity index (χ0n) is 9.59. The molecule has 0 amide bonds. The molecule has 0 saturated heterocycles. The summed E-state index contributed by atoms with van der Waals surface area (Å²) in [6.07, 6.45) is -0.0292. The van der Waals surface area contributed by atoms with Gasteiger partial charge in [0.25, 0.3) is 0 Å². The van der Waals surface area contributed by atoms with Gasteiger partial charge in [-0.05, 0) is 35.9 Å². The molecule has 0 radical (unpaired) electrons. The zero-order chi connectivity index (χ0) is 14.0. The van der Waals surface area contributed by atoms with E-state index in [1.165, 1.54) is 30.3 Å². The molecule has 0 bridgehead atoms. The Bertz CT molecular complexity index is 643. The summed E-state index contributed by atoms with van der Waals surface area (Å²) in [4.78, 5) is 12.0. The third-order valence-corrected chi connectivity index (χ3v) is 3.36. The van der Waals surface area contributed by atoms with Gasteiger partial charge in [-0.25, -0.2) is 8.78 Å². The number of ketones is 1. The first-order chi connectivity index (χ1) is 8.97. The number of halogens is 4. The van der Waals surface area contributed by atoms with Crippen molar-refractivity contribution in [1.29, 1.82) is 0 Å². The molecule has 0 fully saturated rings. The normalized spacial score (nSPS) is 10.5. The minimum atomic E-state index is -0.590. The maximum Gasteiger partial charge on any atom is 0.170 e. The number of rotatable bonds is 3. The molecule has 0 spiro atoms. The van der Waals surface area contributed by atoms with Crippen LogP contribution in [0, 0.1) is 11.6 Å². The van der Waals surface area contributed by atoms with Crippen molar-refractivity contribution < 1.29 is 13.6 Å². The molecule has 2 aromatic rings. The average Bonchev–Trinajstić information content (AvgIpc) is 2.33. The Morgan fingerprint density at radius 3 is 2.47 bits per heavy atom. The van der Waals surface area contributed by atoms with Gasteiger partial charge < -0.3 is 0 Å². The smallest absolute Gasteiger partial charge is 0.170 e. The van der Waals surface area contributed by atoms with Gasteiger partial charge in [0.15, 0.2) is 5.78 Å². The number of hydrogen-bond acceptors (Lipinski definition) is 1. The van der Waals surface area contributed by atoms with Gasteiger partial charge in [-0.15, -0.1) is 0 Å². The van der Waals surface area contributed by atoms with Gasteiger partial charge in [-0.1, -0.05) is 33.6 Å². The maximum absolute atomic E-state index is 13.6. The third-order valence-electron chi connectivity index (χ3n) is 2.58. The zero-order valence-corrected chi connectivity index (χ0v) is 11.9. The second-order valence-corrected chi connectivity index (χ2v) is 5.30. The minimum Gasteiger partial charge on any atom is -0.294 e. The summed E-state index contributed by atoms with van der Waals surface area (Å²) in [5.41, 5.74) is 0.544. The number of carbonyl (C=O) groups excluding carboxylic acids is 1. The van der Waals surface area contributed by atoms with E-state index in [0.717, 1.165) is 0 Å². The Balaban J connectivity index is 2.23. The van der Waals surface area contributed by atoms with E-state index in [4.69, 9.17) is 11.6 Å². The summed E-state index contributed by atoms with van der Waals surface area (Å²) in [5, 5.41) is -0.0541. The lowest BCUT2D eigenvalue weighted by Gasteiger charge is -2.04. The summed E-state index contributed by atoms with van der Waals surface area (Å²) in [6.45, 7) is 0. The second kappa shape index (κ2) is 5.80.